The fraction of sp³-hybridized carbons (Fsp3) is 0. The SMILES string of the molecule is Nc1cccc(/C=C/C(=O)Nc2cnns2)c1. The first-order valence-electron chi connectivity index (χ1n) is 4.86. The highest BCUT2D eigenvalue weighted by Crippen LogP contribution is 2.10. The maximum absolute atomic E-state index is 11.5. The number of aromatic nitrogens is 2. The zero-order valence-electron chi connectivity index (χ0n) is 8.83. The van der Waals surface area contributed by atoms with Crippen LogP contribution in [0.2, 0.25) is 0 Å². The molecule has 0 spiro atoms. The Morgan fingerprint density at radius 1 is 1.47 bits per heavy atom. The van der Waals surface area contributed by atoms with E-state index in [1.165, 1.54) is 12.3 Å². The Morgan fingerprint density at radius 2 is 2.35 bits per heavy atom. The summed E-state index contributed by atoms with van der Waals surface area (Å²) in [5.41, 5.74) is 7.17. The average Bonchev–Trinajstić information content (AvgIpc) is 2.79. The number of rotatable bonds is 3. The maximum atomic E-state index is 11.5. The molecule has 3 N–H and O–H groups in total. The van der Waals surface area contributed by atoms with Gasteiger partial charge in [0.1, 0.15) is 5.00 Å². The van der Waals surface area contributed by atoms with Gasteiger partial charge in [0.05, 0.1) is 6.20 Å². The van der Waals surface area contributed by atoms with Gasteiger partial charge in [-0.1, -0.05) is 16.6 Å². The van der Waals surface area contributed by atoms with Gasteiger partial charge in [0.25, 0.3) is 0 Å². The third kappa shape index (κ3) is 3.39. The Labute approximate surface area is 102 Å². The molecule has 0 aliphatic rings. The molecule has 0 fully saturated rings. The van der Waals surface area contributed by atoms with Gasteiger partial charge in [-0.25, -0.2) is 0 Å². The zero-order valence-corrected chi connectivity index (χ0v) is 9.65. The van der Waals surface area contributed by atoms with Crippen LogP contribution in [0.25, 0.3) is 6.08 Å². The standard InChI is InChI=1S/C11H10N4OS/c12-9-3-1-2-8(6-9)4-5-10(16)14-11-7-13-15-17-11/h1-7H,12H2,(H,14,16)/b5-4+. The number of carbonyl (C=O) groups excluding carboxylic acids is 1. The number of hydrogen-bond donors (Lipinski definition) is 2. The fourth-order valence-corrected chi connectivity index (χ4v) is 1.64. The molecule has 0 saturated carbocycles. The van der Waals surface area contributed by atoms with Crippen molar-refractivity contribution >= 4 is 34.2 Å². The molecule has 2 rings (SSSR count). The third-order valence-corrected chi connectivity index (χ3v) is 2.53. The molecule has 86 valence electrons. The van der Waals surface area contributed by atoms with Crippen molar-refractivity contribution in [2.24, 2.45) is 0 Å². The number of carbonyl (C=O) groups is 1. The lowest BCUT2D eigenvalue weighted by atomic mass is 10.2. The predicted molar refractivity (Wildman–Crippen MR) is 68.4 cm³/mol. The molecule has 0 atom stereocenters. The van der Waals surface area contributed by atoms with E-state index >= 15 is 0 Å². The Morgan fingerprint density at radius 3 is 3.06 bits per heavy atom. The molecule has 0 radical (unpaired) electrons. The second-order valence-corrected chi connectivity index (χ2v) is 4.06. The van der Waals surface area contributed by atoms with E-state index in [1.807, 2.05) is 12.1 Å². The minimum absolute atomic E-state index is 0.224. The highest BCUT2D eigenvalue weighted by atomic mass is 32.1. The number of benzene rings is 1. The Balaban J connectivity index is 1.99. The van der Waals surface area contributed by atoms with Crippen molar-refractivity contribution in [3.63, 3.8) is 0 Å². The summed E-state index contributed by atoms with van der Waals surface area (Å²) in [6.07, 6.45) is 4.63. The zero-order chi connectivity index (χ0) is 12.1. The van der Waals surface area contributed by atoms with Gasteiger partial charge in [0, 0.05) is 23.3 Å². The molecule has 0 bridgehead atoms. The summed E-state index contributed by atoms with van der Waals surface area (Å²) >= 11 is 1.13. The third-order valence-electron chi connectivity index (χ3n) is 1.95. The molecule has 1 heterocycles. The summed E-state index contributed by atoms with van der Waals surface area (Å²) < 4.78 is 3.64. The normalized spacial score (nSPS) is 10.6. The smallest absolute Gasteiger partial charge is 0.249 e. The summed E-state index contributed by atoms with van der Waals surface area (Å²) in [5, 5.41) is 6.88. The summed E-state index contributed by atoms with van der Waals surface area (Å²) in [6.45, 7) is 0. The van der Waals surface area contributed by atoms with Crippen molar-refractivity contribution in [2.75, 3.05) is 11.1 Å². The highest BCUT2D eigenvalue weighted by Gasteiger charge is 1.99. The molecule has 1 amide bonds. The monoisotopic (exact) mass is 246 g/mol. The molecule has 6 heteroatoms. The highest BCUT2D eigenvalue weighted by molar-refractivity contribution is 7.10. The largest absolute Gasteiger partial charge is 0.399 e. The van der Waals surface area contributed by atoms with Gasteiger partial charge in [0.15, 0.2) is 0 Å². The van der Waals surface area contributed by atoms with Crippen LogP contribution in [-0.4, -0.2) is 15.5 Å². The van der Waals surface area contributed by atoms with Crippen LogP contribution in [0.4, 0.5) is 10.7 Å². The van der Waals surface area contributed by atoms with Gasteiger partial charge in [0.2, 0.25) is 5.91 Å². The number of amides is 1. The first-order valence-corrected chi connectivity index (χ1v) is 5.63. The van der Waals surface area contributed by atoms with Gasteiger partial charge >= 0.3 is 0 Å². The Bertz CT molecular complexity index is 536. The molecular weight excluding hydrogens is 236 g/mol. The molecule has 1 aromatic heterocycles. The van der Waals surface area contributed by atoms with E-state index in [1.54, 1.807) is 18.2 Å². The lowest BCUT2D eigenvalue weighted by Gasteiger charge is -1.96. The summed E-state index contributed by atoms with van der Waals surface area (Å²) in [7, 11) is 0. The average molecular weight is 246 g/mol. The lowest BCUT2D eigenvalue weighted by Crippen LogP contribution is -2.06. The molecule has 17 heavy (non-hydrogen) atoms. The van der Waals surface area contributed by atoms with Crippen molar-refractivity contribution in [3.05, 3.63) is 42.1 Å². The molecule has 0 saturated heterocycles. The molecule has 2 aromatic rings. The first kappa shape index (κ1) is 11.3. The van der Waals surface area contributed by atoms with Crippen molar-refractivity contribution in [1.82, 2.24) is 9.59 Å². The van der Waals surface area contributed by atoms with E-state index in [0.29, 0.717) is 10.7 Å². The summed E-state index contributed by atoms with van der Waals surface area (Å²) in [5.74, 6) is -0.224. The van der Waals surface area contributed by atoms with Crippen LogP contribution in [0, 0.1) is 0 Å². The quantitative estimate of drug-likeness (QED) is 0.639. The number of hydrogen-bond acceptors (Lipinski definition) is 5. The predicted octanol–water partition coefficient (Wildman–Crippen LogP) is 1.77. The van der Waals surface area contributed by atoms with E-state index in [9.17, 15) is 4.79 Å². The molecule has 0 aliphatic heterocycles. The topological polar surface area (TPSA) is 80.9 Å². The van der Waals surface area contributed by atoms with E-state index in [4.69, 9.17) is 5.73 Å². The van der Waals surface area contributed by atoms with E-state index in [-0.39, 0.29) is 5.91 Å². The molecule has 0 unspecified atom stereocenters. The van der Waals surface area contributed by atoms with Crippen LogP contribution in [0.3, 0.4) is 0 Å². The van der Waals surface area contributed by atoms with Crippen molar-refractivity contribution in [3.8, 4) is 0 Å². The maximum Gasteiger partial charge on any atom is 0.249 e. The van der Waals surface area contributed by atoms with Gasteiger partial charge < -0.3 is 11.1 Å². The van der Waals surface area contributed by atoms with Gasteiger partial charge in [-0.3, -0.25) is 4.79 Å². The van der Waals surface area contributed by atoms with E-state index < -0.39 is 0 Å². The number of nitrogens with one attached hydrogen (secondary N) is 1. The van der Waals surface area contributed by atoms with E-state index in [0.717, 1.165) is 17.1 Å². The van der Waals surface area contributed by atoms with Crippen LogP contribution >= 0.6 is 11.5 Å². The lowest BCUT2D eigenvalue weighted by molar-refractivity contribution is -0.111. The molecular formula is C11H10N4OS. The minimum atomic E-state index is -0.224. The van der Waals surface area contributed by atoms with Crippen molar-refractivity contribution < 1.29 is 4.79 Å². The summed E-state index contributed by atoms with van der Waals surface area (Å²) in [4.78, 5) is 11.5. The van der Waals surface area contributed by atoms with Gasteiger partial charge in [-0.2, -0.15) is 0 Å². The number of nitrogens with zero attached hydrogens (tertiary/aromatic N) is 2. The molecule has 0 aliphatic carbocycles. The van der Waals surface area contributed by atoms with Crippen LogP contribution in [-0.2, 0) is 4.79 Å². The first-order chi connectivity index (χ1) is 8.24. The number of nitrogens with two attached hydrogens (primary N) is 1. The van der Waals surface area contributed by atoms with Crippen LogP contribution in [0.15, 0.2) is 36.5 Å². The Kier molecular flexibility index (Phi) is 3.46. The minimum Gasteiger partial charge on any atom is -0.399 e. The number of nitrogen functional groups attached to an aromatic ring is 1. The molecule has 1 aromatic carbocycles. The second kappa shape index (κ2) is 5.22. The summed E-state index contributed by atoms with van der Waals surface area (Å²) in [6, 6.07) is 7.28. The van der Waals surface area contributed by atoms with Crippen molar-refractivity contribution in [1.29, 1.82) is 0 Å². The van der Waals surface area contributed by atoms with Crippen LogP contribution < -0.4 is 11.1 Å². The van der Waals surface area contributed by atoms with Crippen LogP contribution in [0.5, 0.6) is 0 Å². The van der Waals surface area contributed by atoms with Gasteiger partial charge in [-0.05, 0) is 23.8 Å². The van der Waals surface area contributed by atoms with Crippen LogP contribution in [0.1, 0.15) is 5.56 Å². The second-order valence-electron chi connectivity index (χ2n) is 3.27. The van der Waals surface area contributed by atoms with Crippen molar-refractivity contribution in [2.45, 2.75) is 0 Å². The fourth-order valence-electron chi connectivity index (χ4n) is 1.22. The van der Waals surface area contributed by atoms with E-state index in [2.05, 4.69) is 14.9 Å². The number of anilines is 2. The van der Waals surface area contributed by atoms with Gasteiger partial charge in [-0.15, -0.1) is 5.10 Å². The Hall–Kier alpha value is -2.21. The molecule has 5 nitrogen and oxygen atoms in total.